The lowest BCUT2D eigenvalue weighted by atomic mass is 9.99. The van der Waals surface area contributed by atoms with Gasteiger partial charge in [-0.1, -0.05) is 19.1 Å². The molecule has 140 valence electrons. The lowest BCUT2D eigenvalue weighted by Gasteiger charge is -2.28. The Bertz CT molecular complexity index is 752. The van der Waals surface area contributed by atoms with Crippen molar-refractivity contribution in [1.82, 2.24) is 15.6 Å². The maximum absolute atomic E-state index is 4.46. The molecule has 1 aliphatic heterocycles. The van der Waals surface area contributed by atoms with Crippen molar-refractivity contribution in [3.05, 3.63) is 45.4 Å². The van der Waals surface area contributed by atoms with Gasteiger partial charge in [-0.25, -0.2) is 4.98 Å². The third kappa shape index (κ3) is 4.75. The Morgan fingerprint density at radius 3 is 3.00 bits per heavy atom. The van der Waals surface area contributed by atoms with E-state index in [0.717, 1.165) is 38.4 Å². The zero-order valence-corrected chi connectivity index (χ0v) is 16.8. The molecule has 0 saturated carbocycles. The van der Waals surface area contributed by atoms with Crippen molar-refractivity contribution in [2.45, 2.75) is 39.2 Å². The predicted octanol–water partition coefficient (Wildman–Crippen LogP) is 3.00. The number of guanidine groups is 1. The Labute approximate surface area is 160 Å². The van der Waals surface area contributed by atoms with Crippen LogP contribution in [0.4, 0.5) is 5.69 Å². The summed E-state index contributed by atoms with van der Waals surface area (Å²) in [6.45, 7) is 4.94. The van der Waals surface area contributed by atoms with Crippen LogP contribution in [0.3, 0.4) is 0 Å². The lowest BCUT2D eigenvalue weighted by molar-refractivity contribution is 0.740. The van der Waals surface area contributed by atoms with Gasteiger partial charge in [0.2, 0.25) is 0 Å². The Balaban J connectivity index is 1.48. The summed E-state index contributed by atoms with van der Waals surface area (Å²) in [4.78, 5) is 12.5. The molecule has 0 bridgehead atoms. The topological polar surface area (TPSA) is 52.6 Å². The summed E-state index contributed by atoms with van der Waals surface area (Å²) in [5.41, 5.74) is 4.13. The summed E-state index contributed by atoms with van der Waals surface area (Å²) in [6, 6.07) is 6.78. The number of aryl methyl sites for hydroxylation is 2. The Kier molecular flexibility index (Phi) is 6.50. The molecular formula is C20H29N5S. The maximum atomic E-state index is 4.46. The van der Waals surface area contributed by atoms with Crippen molar-refractivity contribution in [1.29, 1.82) is 0 Å². The number of rotatable bonds is 6. The fourth-order valence-corrected chi connectivity index (χ4v) is 4.13. The highest BCUT2D eigenvalue weighted by Crippen LogP contribution is 2.26. The molecular weight excluding hydrogens is 342 g/mol. The Morgan fingerprint density at radius 1 is 1.35 bits per heavy atom. The molecule has 0 amide bonds. The van der Waals surface area contributed by atoms with E-state index in [2.05, 4.69) is 57.7 Å². The smallest absolute Gasteiger partial charge is 0.191 e. The Hall–Kier alpha value is -2.08. The Morgan fingerprint density at radius 2 is 2.23 bits per heavy atom. The molecule has 1 aromatic heterocycles. The van der Waals surface area contributed by atoms with Crippen LogP contribution in [0.5, 0.6) is 0 Å². The van der Waals surface area contributed by atoms with Gasteiger partial charge in [-0.2, -0.15) is 0 Å². The molecule has 0 saturated heterocycles. The number of aliphatic imine (C=N–C) groups is 1. The van der Waals surface area contributed by atoms with Crippen LogP contribution in [0.15, 0.2) is 29.4 Å². The highest BCUT2D eigenvalue weighted by Gasteiger charge is 2.13. The molecule has 2 aromatic rings. The van der Waals surface area contributed by atoms with E-state index in [1.165, 1.54) is 39.5 Å². The van der Waals surface area contributed by atoms with Crippen molar-refractivity contribution >= 4 is 23.0 Å². The molecule has 0 fully saturated rings. The molecule has 5 nitrogen and oxygen atoms in total. The number of benzene rings is 1. The van der Waals surface area contributed by atoms with E-state index in [-0.39, 0.29) is 0 Å². The number of nitrogens with zero attached hydrogens (tertiary/aromatic N) is 3. The van der Waals surface area contributed by atoms with E-state index >= 15 is 0 Å². The largest absolute Gasteiger partial charge is 0.374 e. The summed E-state index contributed by atoms with van der Waals surface area (Å²) in [7, 11) is 3.99. The van der Waals surface area contributed by atoms with Crippen LogP contribution in [0.2, 0.25) is 0 Å². The first-order chi connectivity index (χ1) is 12.7. The molecule has 0 aliphatic carbocycles. The van der Waals surface area contributed by atoms with E-state index in [4.69, 9.17) is 0 Å². The molecule has 1 aliphatic rings. The monoisotopic (exact) mass is 371 g/mol. The van der Waals surface area contributed by atoms with Gasteiger partial charge in [0.15, 0.2) is 5.96 Å². The minimum atomic E-state index is 0.786. The standard InChI is InChI=1S/C20H29N5S/c1-4-17-14-23-19(26-17)9-10-22-20(21-2)24-13-15-7-8-18-16(12-15)6-5-11-25(18)3/h7-8,12,14H,4-6,9-11,13H2,1-3H3,(H2,21,22,24). The number of hydrogen-bond donors (Lipinski definition) is 2. The van der Waals surface area contributed by atoms with Crippen molar-refractivity contribution in [2.24, 2.45) is 4.99 Å². The molecule has 0 spiro atoms. The van der Waals surface area contributed by atoms with Crippen molar-refractivity contribution in [3.63, 3.8) is 0 Å². The fraction of sp³-hybridized carbons (Fsp3) is 0.500. The summed E-state index contributed by atoms with van der Waals surface area (Å²) in [5.74, 6) is 0.840. The highest BCUT2D eigenvalue weighted by molar-refractivity contribution is 7.11. The summed E-state index contributed by atoms with van der Waals surface area (Å²) in [6.07, 6.45) is 6.39. The lowest BCUT2D eigenvalue weighted by Crippen LogP contribution is -2.37. The van der Waals surface area contributed by atoms with Crippen LogP contribution >= 0.6 is 11.3 Å². The third-order valence-corrected chi connectivity index (χ3v) is 5.96. The second kappa shape index (κ2) is 9.03. The molecule has 0 atom stereocenters. The van der Waals surface area contributed by atoms with Crippen LogP contribution in [0, 0.1) is 0 Å². The van der Waals surface area contributed by atoms with E-state index in [1.54, 1.807) is 11.3 Å². The number of anilines is 1. The van der Waals surface area contributed by atoms with Gasteiger partial charge in [0.25, 0.3) is 0 Å². The van der Waals surface area contributed by atoms with Gasteiger partial charge in [0.1, 0.15) is 0 Å². The zero-order chi connectivity index (χ0) is 18.4. The molecule has 3 rings (SSSR count). The highest BCUT2D eigenvalue weighted by atomic mass is 32.1. The van der Waals surface area contributed by atoms with Crippen LogP contribution in [0.1, 0.15) is 34.4 Å². The number of hydrogen-bond acceptors (Lipinski definition) is 4. The van der Waals surface area contributed by atoms with Crippen molar-refractivity contribution < 1.29 is 0 Å². The number of fused-ring (bicyclic) bond motifs is 1. The molecule has 2 heterocycles. The molecule has 1 aromatic carbocycles. The third-order valence-electron chi connectivity index (χ3n) is 4.76. The van der Waals surface area contributed by atoms with Crippen molar-refractivity contribution in [2.75, 3.05) is 32.1 Å². The number of thiazole rings is 1. The predicted molar refractivity (Wildman–Crippen MR) is 111 cm³/mol. The summed E-state index contributed by atoms with van der Waals surface area (Å²) in [5, 5.41) is 7.98. The number of nitrogens with one attached hydrogen (secondary N) is 2. The van der Waals surface area contributed by atoms with Gasteiger partial charge in [-0.05, 0) is 36.5 Å². The van der Waals surface area contributed by atoms with Crippen LogP contribution in [-0.2, 0) is 25.8 Å². The second-order valence-electron chi connectivity index (χ2n) is 6.66. The van der Waals surface area contributed by atoms with Crippen LogP contribution in [-0.4, -0.2) is 38.1 Å². The van der Waals surface area contributed by atoms with Crippen LogP contribution in [0.25, 0.3) is 0 Å². The van der Waals surface area contributed by atoms with Gasteiger partial charge in [-0.3, -0.25) is 4.99 Å². The fourth-order valence-electron chi connectivity index (χ4n) is 3.27. The van der Waals surface area contributed by atoms with Crippen molar-refractivity contribution in [3.8, 4) is 0 Å². The summed E-state index contributed by atoms with van der Waals surface area (Å²) < 4.78 is 0. The molecule has 2 N–H and O–H groups in total. The van der Waals surface area contributed by atoms with Crippen LogP contribution < -0.4 is 15.5 Å². The van der Waals surface area contributed by atoms with Gasteiger partial charge < -0.3 is 15.5 Å². The second-order valence-corrected chi connectivity index (χ2v) is 7.86. The minimum absolute atomic E-state index is 0.786. The van der Waals surface area contributed by atoms with E-state index < -0.39 is 0 Å². The first kappa shape index (κ1) is 18.7. The maximum Gasteiger partial charge on any atom is 0.191 e. The number of aromatic nitrogens is 1. The first-order valence-electron chi connectivity index (χ1n) is 9.40. The SMILES string of the molecule is CCc1cnc(CCNC(=NC)NCc2ccc3c(c2)CCCN3C)s1. The summed E-state index contributed by atoms with van der Waals surface area (Å²) >= 11 is 1.80. The van der Waals surface area contributed by atoms with E-state index in [0.29, 0.717) is 0 Å². The molecule has 0 radical (unpaired) electrons. The molecule has 6 heteroatoms. The molecule has 26 heavy (non-hydrogen) atoms. The normalized spacial score (nSPS) is 14.3. The first-order valence-corrected chi connectivity index (χ1v) is 10.2. The quantitative estimate of drug-likeness (QED) is 0.605. The van der Waals surface area contributed by atoms with Gasteiger partial charge in [0.05, 0.1) is 5.01 Å². The van der Waals surface area contributed by atoms with E-state index in [9.17, 15) is 0 Å². The zero-order valence-electron chi connectivity index (χ0n) is 16.0. The van der Waals surface area contributed by atoms with E-state index in [1.807, 2.05) is 13.2 Å². The van der Waals surface area contributed by atoms with Gasteiger partial charge >= 0.3 is 0 Å². The van der Waals surface area contributed by atoms with Gasteiger partial charge in [0, 0.05) is 56.9 Å². The molecule has 0 unspecified atom stereocenters. The average molecular weight is 372 g/mol. The average Bonchev–Trinajstić information content (AvgIpc) is 3.12. The van der Waals surface area contributed by atoms with Gasteiger partial charge in [-0.15, -0.1) is 11.3 Å². The minimum Gasteiger partial charge on any atom is -0.374 e.